The molecule has 1 unspecified atom stereocenters. The molecule has 0 radical (unpaired) electrons. The average Bonchev–Trinajstić information content (AvgIpc) is 2.39. The fourth-order valence-corrected chi connectivity index (χ4v) is 1.89. The highest BCUT2D eigenvalue weighted by Crippen LogP contribution is 2.17. The van der Waals surface area contributed by atoms with E-state index in [-0.39, 0.29) is 23.4 Å². The molecule has 146 valence electrons. The second kappa shape index (κ2) is 11.5. The van der Waals surface area contributed by atoms with Crippen LogP contribution in [0.3, 0.4) is 0 Å². The van der Waals surface area contributed by atoms with Crippen molar-refractivity contribution in [3.63, 3.8) is 0 Å². The van der Waals surface area contributed by atoms with Crippen molar-refractivity contribution >= 4 is 0 Å². The molecule has 0 aliphatic heterocycles. The molecule has 0 aliphatic rings. The van der Waals surface area contributed by atoms with Gasteiger partial charge in [-0.1, -0.05) is 13.8 Å². The molecule has 0 amide bonds. The van der Waals surface area contributed by atoms with E-state index < -0.39 is 0 Å². The van der Waals surface area contributed by atoms with Gasteiger partial charge in [0, 0.05) is 13.2 Å². The van der Waals surface area contributed by atoms with Gasteiger partial charge in [0.2, 0.25) is 0 Å². The monoisotopic (exact) mass is 346 g/mol. The second-order valence-electron chi connectivity index (χ2n) is 8.84. The minimum Gasteiger partial charge on any atom is -0.379 e. The highest BCUT2D eigenvalue weighted by molar-refractivity contribution is 4.71. The highest BCUT2D eigenvalue weighted by atomic mass is 16.6. The summed E-state index contributed by atoms with van der Waals surface area (Å²) in [6.45, 7) is 21.5. The molecule has 4 nitrogen and oxygen atoms in total. The van der Waals surface area contributed by atoms with E-state index in [9.17, 15) is 0 Å². The molecule has 0 heterocycles. The van der Waals surface area contributed by atoms with Gasteiger partial charge in [0.15, 0.2) is 0 Å². The standard InChI is InChI=1S/C20H42O4/c1-16(2)10-12-22-18(14-23-19(5,6)7)15-24-20(8,9)11-13-21-17(3)4/h16-18H,10-15H2,1-9H3. The Morgan fingerprint density at radius 3 is 1.83 bits per heavy atom. The summed E-state index contributed by atoms with van der Waals surface area (Å²) in [5, 5.41) is 0. The quantitative estimate of drug-likeness (QED) is 0.478. The molecule has 24 heavy (non-hydrogen) atoms. The Hall–Kier alpha value is -0.160. The smallest absolute Gasteiger partial charge is 0.104 e. The Kier molecular flexibility index (Phi) is 11.4. The first kappa shape index (κ1) is 23.8. The molecule has 0 aliphatic carbocycles. The molecule has 0 spiro atoms. The Morgan fingerprint density at radius 1 is 0.750 bits per heavy atom. The maximum absolute atomic E-state index is 6.11. The third-order valence-electron chi connectivity index (χ3n) is 3.57. The van der Waals surface area contributed by atoms with Gasteiger partial charge in [0.1, 0.15) is 6.10 Å². The zero-order chi connectivity index (χ0) is 18.8. The number of ether oxygens (including phenoxy) is 4. The molecule has 1 atom stereocenters. The lowest BCUT2D eigenvalue weighted by molar-refractivity contribution is -0.129. The van der Waals surface area contributed by atoms with E-state index in [2.05, 4.69) is 62.3 Å². The summed E-state index contributed by atoms with van der Waals surface area (Å²) in [7, 11) is 0. The SMILES string of the molecule is CC(C)CCOC(COC(C)(C)C)COC(C)(C)CCOC(C)C. The van der Waals surface area contributed by atoms with Gasteiger partial charge in [0.05, 0.1) is 30.5 Å². The molecule has 0 N–H and O–H groups in total. The summed E-state index contributed by atoms with van der Waals surface area (Å²) in [5.74, 6) is 0.639. The number of hydrogen-bond acceptors (Lipinski definition) is 4. The molecule has 0 saturated carbocycles. The molecule has 0 fully saturated rings. The maximum Gasteiger partial charge on any atom is 0.104 e. The summed E-state index contributed by atoms with van der Waals surface area (Å²) in [6.07, 6.45) is 2.14. The van der Waals surface area contributed by atoms with Crippen molar-refractivity contribution in [2.24, 2.45) is 5.92 Å². The fourth-order valence-electron chi connectivity index (χ4n) is 1.89. The van der Waals surface area contributed by atoms with Crippen LogP contribution >= 0.6 is 0 Å². The van der Waals surface area contributed by atoms with E-state index in [1.807, 2.05) is 0 Å². The lowest BCUT2D eigenvalue weighted by atomic mass is 10.1. The zero-order valence-corrected chi connectivity index (χ0v) is 17.6. The lowest BCUT2D eigenvalue weighted by Crippen LogP contribution is -2.36. The van der Waals surface area contributed by atoms with Crippen molar-refractivity contribution < 1.29 is 18.9 Å². The molecular weight excluding hydrogens is 304 g/mol. The lowest BCUT2D eigenvalue weighted by Gasteiger charge is -2.30. The van der Waals surface area contributed by atoms with Crippen LogP contribution in [-0.2, 0) is 18.9 Å². The van der Waals surface area contributed by atoms with E-state index in [4.69, 9.17) is 18.9 Å². The predicted octanol–water partition coefficient (Wildman–Crippen LogP) is 4.84. The van der Waals surface area contributed by atoms with Crippen LogP contribution in [0.4, 0.5) is 0 Å². The molecule has 0 saturated heterocycles. The van der Waals surface area contributed by atoms with Crippen molar-refractivity contribution in [2.75, 3.05) is 26.4 Å². The van der Waals surface area contributed by atoms with Crippen LogP contribution in [-0.4, -0.2) is 49.8 Å². The summed E-state index contributed by atoms with van der Waals surface area (Å²) in [6, 6.07) is 0. The van der Waals surface area contributed by atoms with Gasteiger partial charge >= 0.3 is 0 Å². The topological polar surface area (TPSA) is 36.9 Å². The van der Waals surface area contributed by atoms with Crippen molar-refractivity contribution in [2.45, 2.75) is 98.6 Å². The first-order chi connectivity index (χ1) is 10.9. The summed E-state index contributed by atoms with van der Waals surface area (Å²) < 4.78 is 23.6. The van der Waals surface area contributed by atoms with E-state index >= 15 is 0 Å². The van der Waals surface area contributed by atoms with E-state index in [0.717, 1.165) is 19.4 Å². The van der Waals surface area contributed by atoms with Crippen molar-refractivity contribution in [3.05, 3.63) is 0 Å². The van der Waals surface area contributed by atoms with Crippen LogP contribution in [0.25, 0.3) is 0 Å². The van der Waals surface area contributed by atoms with Crippen molar-refractivity contribution in [1.82, 2.24) is 0 Å². The molecule has 0 aromatic heterocycles. The van der Waals surface area contributed by atoms with Gasteiger partial charge in [-0.15, -0.1) is 0 Å². The first-order valence-corrected chi connectivity index (χ1v) is 9.42. The molecule has 0 rings (SSSR count). The molecule has 4 heteroatoms. The van der Waals surface area contributed by atoms with Crippen LogP contribution in [0.5, 0.6) is 0 Å². The Balaban J connectivity index is 4.34. The van der Waals surface area contributed by atoms with Gasteiger partial charge < -0.3 is 18.9 Å². The molecule has 0 aromatic rings. The Morgan fingerprint density at radius 2 is 1.33 bits per heavy atom. The van der Waals surface area contributed by atoms with Gasteiger partial charge in [-0.2, -0.15) is 0 Å². The van der Waals surface area contributed by atoms with Crippen LogP contribution in [0.15, 0.2) is 0 Å². The fraction of sp³-hybridized carbons (Fsp3) is 1.00. The third-order valence-corrected chi connectivity index (χ3v) is 3.57. The van der Waals surface area contributed by atoms with E-state index in [1.165, 1.54) is 0 Å². The van der Waals surface area contributed by atoms with Crippen molar-refractivity contribution in [1.29, 1.82) is 0 Å². The van der Waals surface area contributed by atoms with Gasteiger partial charge in [-0.25, -0.2) is 0 Å². The normalized spacial score (nSPS) is 14.6. The average molecular weight is 347 g/mol. The highest BCUT2D eigenvalue weighted by Gasteiger charge is 2.23. The van der Waals surface area contributed by atoms with Crippen LogP contribution in [0.1, 0.15) is 75.2 Å². The summed E-state index contributed by atoms with van der Waals surface area (Å²) in [5.41, 5.74) is -0.392. The second-order valence-corrected chi connectivity index (χ2v) is 8.84. The zero-order valence-electron chi connectivity index (χ0n) is 17.6. The molecule has 0 bridgehead atoms. The van der Waals surface area contributed by atoms with Gasteiger partial charge in [0.25, 0.3) is 0 Å². The van der Waals surface area contributed by atoms with Gasteiger partial charge in [-0.3, -0.25) is 0 Å². The molecule has 0 aromatic carbocycles. The first-order valence-electron chi connectivity index (χ1n) is 9.42. The maximum atomic E-state index is 6.11. The molecular formula is C20H42O4. The van der Waals surface area contributed by atoms with Crippen LogP contribution in [0.2, 0.25) is 0 Å². The largest absolute Gasteiger partial charge is 0.379 e. The predicted molar refractivity (Wildman–Crippen MR) is 101 cm³/mol. The summed E-state index contributed by atoms with van der Waals surface area (Å²) >= 11 is 0. The van der Waals surface area contributed by atoms with E-state index in [1.54, 1.807) is 0 Å². The van der Waals surface area contributed by atoms with Crippen LogP contribution < -0.4 is 0 Å². The van der Waals surface area contributed by atoms with Crippen molar-refractivity contribution in [3.8, 4) is 0 Å². The summed E-state index contributed by atoms with van der Waals surface area (Å²) in [4.78, 5) is 0. The van der Waals surface area contributed by atoms with Crippen LogP contribution in [0, 0.1) is 5.92 Å². The third kappa shape index (κ3) is 15.4. The number of rotatable bonds is 13. The number of hydrogen-bond donors (Lipinski definition) is 0. The van der Waals surface area contributed by atoms with Gasteiger partial charge in [-0.05, 0) is 67.2 Å². The van der Waals surface area contributed by atoms with E-state index in [0.29, 0.717) is 25.7 Å². The minimum atomic E-state index is -0.226. The Bertz CT molecular complexity index is 305. The Labute approximate surface area is 150 Å². The minimum absolute atomic E-state index is 0.0340.